The van der Waals surface area contributed by atoms with Crippen molar-refractivity contribution in [1.82, 2.24) is 0 Å². The van der Waals surface area contributed by atoms with Crippen molar-refractivity contribution >= 4 is 5.57 Å². The minimum absolute atomic E-state index is 0.100. The first-order chi connectivity index (χ1) is 19.4. The fraction of sp³-hybridized carbons (Fsp3) is 0.389. The van der Waals surface area contributed by atoms with Gasteiger partial charge in [-0.1, -0.05) is 74.4 Å². The van der Waals surface area contributed by atoms with Gasteiger partial charge in [-0.15, -0.1) is 0 Å². The van der Waals surface area contributed by atoms with Crippen LogP contribution >= 0.6 is 0 Å². The van der Waals surface area contributed by atoms with Gasteiger partial charge in [-0.3, -0.25) is 0 Å². The van der Waals surface area contributed by atoms with E-state index < -0.39 is 11.6 Å². The van der Waals surface area contributed by atoms with E-state index >= 15 is 4.39 Å². The standard InChI is InChI=1S/C36H39F3O/c1-3-4-5-22-40-34-21-20-32(35(38)36(34)39)29-16-14-28(15-17-29)31-19-18-30(23-33(31)37)27-12-10-26(11-13-27)25-8-6-24(2)7-9-25/h3-4,12,14-21,23-26H,5-11,13,22H2,1-2H3/b4-3-. The number of hydrogen-bond donors (Lipinski definition) is 0. The lowest BCUT2D eigenvalue weighted by Crippen LogP contribution is -2.22. The predicted octanol–water partition coefficient (Wildman–Crippen LogP) is 10.8. The van der Waals surface area contributed by atoms with Crippen LogP contribution in [0.1, 0.15) is 70.8 Å². The van der Waals surface area contributed by atoms with E-state index in [0.717, 1.165) is 36.2 Å². The zero-order valence-electron chi connectivity index (χ0n) is 23.6. The van der Waals surface area contributed by atoms with Gasteiger partial charge >= 0.3 is 0 Å². The van der Waals surface area contributed by atoms with Crippen LogP contribution in [0.15, 0.2) is 72.8 Å². The summed E-state index contributed by atoms with van der Waals surface area (Å²) in [4.78, 5) is 0. The molecule has 0 heterocycles. The number of halogens is 3. The van der Waals surface area contributed by atoms with Crippen molar-refractivity contribution in [3.05, 3.63) is 95.8 Å². The minimum Gasteiger partial charge on any atom is -0.490 e. The van der Waals surface area contributed by atoms with Gasteiger partial charge in [0.2, 0.25) is 5.82 Å². The maximum atomic E-state index is 15.3. The normalized spacial score (nSPS) is 21.4. The Kier molecular flexibility index (Phi) is 9.14. The van der Waals surface area contributed by atoms with Gasteiger partial charge in [0.1, 0.15) is 5.82 Å². The number of allylic oxidation sites excluding steroid dienone is 3. The lowest BCUT2D eigenvalue weighted by molar-refractivity contribution is 0.202. The third kappa shape index (κ3) is 6.37. The van der Waals surface area contributed by atoms with Crippen molar-refractivity contribution in [2.24, 2.45) is 17.8 Å². The number of ether oxygens (including phenoxy) is 1. The van der Waals surface area contributed by atoms with E-state index in [-0.39, 0.29) is 23.7 Å². The summed E-state index contributed by atoms with van der Waals surface area (Å²) in [5.41, 5.74) is 4.06. The SMILES string of the molecule is C/C=C\CCOc1ccc(-c2ccc(-c3ccc(C4=CCC(C5CCC(C)CC5)CC4)cc3F)cc2)c(F)c1F. The van der Waals surface area contributed by atoms with Gasteiger partial charge in [-0.25, -0.2) is 8.78 Å². The van der Waals surface area contributed by atoms with E-state index in [9.17, 15) is 8.78 Å². The fourth-order valence-corrected chi connectivity index (χ4v) is 6.35. The molecular weight excluding hydrogens is 505 g/mol. The largest absolute Gasteiger partial charge is 0.490 e. The Morgan fingerprint density at radius 2 is 1.45 bits per heavy atom. The molecule has 40 heavy (non-hydrogen) atoms. The lowest BCUT2D eigenvalue weighted by Gasteiger charge is -2.34. The van der Waals surface area contributed by atoms with Gasteiger partial charge in [0.25, 0.3) is 0 Å². The molecule has 0 aromatic heterocycles. The highest BCUT2D eigenvalue weighted by Gasteiger charge is 2.27. The second-order valence-corrected chi connectivity index (χ2v) is 11.5. The van der Waals surface area contributed by atoms with Crippen molar-refractivity contribution in [1.29, 1.82) is 0 Å². The second kappa shape index (κ2) is 12.9. The number of benzene rings is 3. The van der Waals surface area contributed by atoms with Crippen molar-refractivity contribution in [3.63, 3.8) is 0 Å². The summed E-state index contributed by atoms with van der Waals surface area (Å²) in [6, 6.07) is 15.3. The fourth-order valence-electron chi connectivity index (χ4n) is 6.35. The van der Waals surface area contributed by atoms with Crippen molar-refractivity contribution in [2.45, 2.75) is 65.2 Å². The van der Waals surface area contributed by atoms with Crippen LogP contribution in [-0.2, 0) is 0 Å². The quantitative estimate of drug-likeness (QED) is 0.202. The Morgan fingerprint density at radius 3 is 2.10 bits per heavy atom. The summed E-state index contributed by atoms with van der Waals surface area (Å²) in [6.45, 7) is 4.53. The summed E-state index contributed by atoms with van der Waals surface area (Å²) in [5.74, 6) is 0.165. The highest BCUT2D eigenvalue weighted by atomic mass is 19.2. The topological polar surface area (TPSA) is 9.23 Å². The molecule has 0 spiro atoms. The molecule has 0 amide bonds. The summed E-state index contributed by atoms with van der Waals surface area (Å²) in [7, 11) is 0. The molecule has 0 radical (unpaired) electrons. The van der Waals surface area contributed by atoms with Gasteiger partial charge in [0, 0.05) is 11.1 Å². The first-order valence-electron chi connectivity index (χ1n) is 14.8. The zero-order chi connectivity index (χ0) is 28.1. The lowest BCUT2D eigenvalue weighted by atomic mass is 9.71. The summed E-state index contributed by atoms with van der Waals surface area (Å²) in [5, 5.41) is 0. The van der Waals surface area contributed by atoms with E-state index in [2.05, 4.69) is 13.0 Å². The van der Waals surface area contributed by atoms with E-state index in [0.29, 0.717) is 23.1 Å². The molecule has 0 bridgehead atoms. The molecule has 210 valence electrons. The van der Waals surface area contributed by atoms with Crippen LogP contribution in [0, 0.1) is 35.2 Å². The van der Waals surface area contributed by atoms with Crippen LogP contribution < -0.4 is 4.74 Å². The molecule has 5 rings (SSSR count). The molecule has 0 saturated heterocycles. The molecule has 0 aliphatic heterocycles. The average Bonchev–Trinajstić information content (AvgIpc) is 2.98. The Balaban J connectivity index is 1.26. The van der Waals surface area contributed by atoms with E-state index in [4.69, 9.17) is 4.74 Å². The van der Waals surface area contributed by atoms with E-state index in [1.54, 1.807) is 30.3 Å². The predicted molar refractivity (Wildman–Crippen MR) is 159 cm³/mol. The van der Waals surface area contributed by atoms with Gasteiger partial charge in [-0.05, 0) is 104 Å². The van der Waals surface area contributed by atoms with Crippen LogP contribution in [0.3, 0.4) is 0 Å². The molecule has 0 N–H and O–H groups in total. The van der Waals surface area contributed by atoms with Crippen LogP contribution in [0.5, 0.6) is 5.75 Å². The number of hydrogen-bond acceptors (Lipinski definition) is 1. The highest BCUT2D eigenvalue weighted by Crippen LogP contribution is 2.41. The summed E-state index contributed by atoms with van der Waals surface area (Å²) in [6.07, 6.45) is 15.5. The van der Waals surface area contributed by atoms with Crippen LogP contribution in [0.2, 0.25) is 0 Å². The Labute approximate surface area is 236 Å². The molecule has 3 aromatic carbocycles. The van der Waals surface area contributed by atoms with Crippen molar-refractivity contribution in [2.75, 3.05) is 6.61 Å². The summed E-state index contributed by atoms with van der Waals surface area (Å²) >= 11 is 0. The van der Waals surface area contributed by atoms with Gasteiger partial charge in [0.15, 0.2) is 11.6 Å². The molecule has 1 saturated carbocycles. The summed E-state index contributed by atoms with van der Waals surface area (Å²) < 4.78 is 50.1. The third-order valence-electron chi connectivity index (χ3n) is 8.85. The maximum Gasteiger partial charge on any atom is 0.201 e. The molecule has 2 aliphatic rings. The molecular formula is C36H39F3O. The Hall–Kier alpha value is -3.27. The van der Waals surface area contributed by atoms with Crippen molar-refractivity contribution in [3.8, 4) is 28.0 Å². The zero-order valence-corrected chi connectivity index (χ0v) is 23.6. The molecule has 1 fully saturated rings. The van der Waals surface area contributed by atoms with Gasteiger partial charge in [-0.2, -0.15) is 4.39 Å². The molecule has 1 nitrogen and oxygen atoms in total. The van der Waals surface area contributed by atoms with E-state index in [1.165, 1.54) is 49.8 Å². The Bertz CT molecular complexity index is 1360. The third-order valence-corrected chi connectivity index (χ3v) is 8.85. The van der Waals surface area contributed by atoms with Crippen LogP contribution in [-0.4, -0.2) is 6.61 Å². The van der Waals surface area contributed by atoms with Crippen LogP contribution in [0.4, 0.5) is 13.2 Å². The smallest absolute Gasteiger partial charge is 0.201 e. The second-order valence-electron chi connectivity index (χ2n) is 11.5. The maximum absolute atomic E-state index is 15.3. The first-order valence-corrected chi connectivity index (χ1v) is 14.8. The monoisotopic (exact) mass is 544 g/mol. The van der Waals surface area contributed by atoms with Crippen LogP contribution in [0.25, 0.3) is 27.8 Å². The number of rotatable bonds is 8. The molecule has 1 unspecified atom stereocenters. The van der Waals surface area contributed by atoms with Gasteiger partial charge in [0.05, 0.1) is 6.61 Å². The average molecular weight is 545 g/mol. The van der Waals surface area contributed by atoms with E-state index in [1.807, 2.05) is 31.2 Å². The van der Waals surface area contributed by atoms with Gasteiger partial charge < -0.3 is 4.74 Å². The Morgan fingerprint density at radius 1 is 0.775 bits per heavy atom. The molecule has 1 atom stereocenters. The molecule has 2 aliphatic carbocycles. The first kappa shape index (κ1) is 28.3. The van der Waals surface area contributed by atoms with Crippen molar-refractivity contribution < 1.29 is 17.9 Å². The minimum atomic E-state index is -1.000. The highest BCUT2D eigenvalue weighted by molar-refractivity contribution is 5.74. The molecule has 3 aromatic rings. The molecule has 4 heteroatoms.